The van der Waals surface area contributed by atoms with Gasteiger partial charge in [0.25, 0.3) is 0 Å². The van der Waals surface area contributed by atoms with E-state index in [9.17, 15) is 14.7 Å². The van der Waals surface area contributed by atoms with Crippen LogP contribution in [0.4, 0.5) is 5.69 Å². The van der Waals surface area contributed by atoms with E-state index in [1.165, 1.54) is 6.42 Å². The molecule has 5 nitrogen and oxygen atoms in total. The molecule has 0 saturated heterocycles. The molecule has 37 heavy (non-hydrogen) atoms. The molecule has 204 valence electrons. The van der Waals surface area contributed by atoms with E-state index in [0.29, 0.717) is 24.2 Å². The third kappa shape index (κ3) is 8.34. The van der Waals surface area contributed by atoms with E-state index in [0.717, 1.165) is 81.3 Å². The van der Waals surface area contributed by atoms with Crippen LogP contribution in [0.5, 0.6) is 5.75 Å². The number of nitrogens with zero attached hydrogens (tertiary/aromatic N) is 1. The molecule has 0 aromatic heterocycles. The average molecular weight is 510 g/mol. The minimum Gasteiger partial charge on any atom is -0.507 e. The van der Waals surface area contributed by atoms with E-state index in [-0.39, 0.29) is 17.1 Å². The lowest BCUT2D eigenvalue weighted by Gasteiger charge is -2.22. The summed E-state index contributed by atoms with van der Waals surface area (Å²) in [6, 6.07) is 8.92. The summed E-state index contributed by atoms with van der Waals surface area (Å²) in [4.78, 5) is 29.2. The molecule has 0 radical (unpaired) electrons. The Kier molecular flexibility index (Phi) is 13.2. The highest BCUT2D eigenvalue weighted by atomic mass is 16.5. The Morgan fingerprint density at radius 1 is 0.811 bits per heavy atom. The molecule has 2 rings (SSSR count). The van der Waals surface area contributed by atoms with Gasteiger partial charge in [-0.1, -0.05) is 65.4 Å². The molecule has 0 bridgehead atoms. The van der Waals surface area contributed by atoms with Crippen LogP contribution >= 0.6 is 0 Å². The van der Waals surface area contributed by atoms with Crippen LogP contribution in [0.3, 0.4) is 0 Å². The first kappa shape index (κ1) is 30.4. The van der Waals surface area contributed by atoms with Gasteiger partial charge in [0.1, 0.15) is 5.75 Å². The van der Waals surface area contributed by atoms with E-state index < -0.39 is 5.97 Å². The molecule has 0 aliphatic rings. The first-order chi connectivity index (χ1) is 17.9. The first-order valence-corrected chi connectivity index (χ1v) is 14.4. The lowest BCUT2D eigenvalue weighted by molar-refractivity contribution is 0.0495. The maximum atomic E-state index is 14.0. The summed E-state index contributed by atoms with van der Waals surface area (Å²) in [5, 5.41) is 10.9. The van der Waals surface area contributed by atoms with Crippen LogP contribution in [-0.4, -0.2) is 36.6 Å². The zero-order valence-electron chi connectivity index (χ0n) is 23.7. The molecular formula is C32H47NO4. The third-order valence-corrected chi connectivity index (χ3v) is 7.10. The number of phenolic OH excluding ortho intramolecular Hbond substituents is 1. The first-order valence-electron chi connectivity index (χ1n) is 14.4. The van der Waals surface area contributed by atoms with Gasteiger partial charge in [0.2, 0.25) is 0 Å². The van der Waals surface area contributed by atoms with Crippen molar-refractivity contribution in [2.75, 3.05) is 24.6 Å². The zero-order chi connectivity index (χ0) is 27.2. The summed E-state index contributed by atoms with van der Waals surface area (Å²) in [5.41, 5.74) is 3.73. The molecular weight excluding hydrogens is 462 g/mol. The molecule has 0 fully saturated rings. The van der Waals surface area contributed by atoms with E-state index in [2.05, 4.69) is 32.6 Å². The van der Waals surface area contributed by atoms with Gasteiger partial charge >= 0.3 is 5.97 Å². The summed E-state index contributed by atoms with van der Waals surface area (Å²) < 4.78 is 5.60. The number of esters is 1. The number of ketones is 1. The van der Waals surface area contributed by atoms with Gasteiger partial charge in [-0.25, -0.2) is 4.79 Å². The van der Waals surface area contributed by atoms with E-state index in [1.807, 2.05) is 19.1 Å². The Morgan fingerprint density at radius 3 is 2.05 bits per heavy atom. The van der Waals surface area contributed by atoms with Gasteiger partial charge in [-0.2, -0.15) is 0 Å². The van der Waals surface area contributed by atoms with Gasteiger partial charge in [-0.3, -0.25) is 4.79 Å². The van der Waals surface area contributed by atoms with Crippen LogP contribution in [0, 0.1) is 0 Å². The van der Waals surface area contributed by atoms with Gasteiger partial charge in [-0.05, 0) is 68.9 Å². The fraction of sp³-hybridized carbons (Fsp3) is 0.562. The number of aromatic hydroxyl groups is 1. The van der Waals surface area contributed by atoms with Crippen molar-refractivity contribution in [1.82, 2.24) is 0 Å². The number of aryl methyl sites for hydroxylation is 1. The number of carbonyl (C=O) groups excluding carboxylic acids is 2. The largest absolute Gasteiger partial charge is 0.507 e. The van der Waals surface area contributed by atoms with Crippen molar-refractivity contribution in [3.05, 3.63) is 58.1 Å². The molecule has 0 saturated carbocycles. The number of hydrogen-bond donors (Lipinski definition) is 1. The van der Waals surface area contributed by atoms with E-state index >= 15 is 0 Å². The van der Waals surface area contributed by atoms with Crippen LogP contribution in [0.15, 0.2) is 30.3 Å². The Hall–Kier alpha value is -2.82. The fourth-order valence-electron chi connectivity index (χ4n) is 4.90. The van der Waals surface area contributed by atoms with E-state index in [1.54, 1.807) is 18.2 Å². The molecule has 0 amide bonds. The highest BCUT2D eigenvalue weighted by molar-refractivity contribution is 6.16. The number of rotatable bonds is 17. The van der Waals surface area contributed by atoms with Crippen LogP contribution in [0.1, 0.15) is 123 Å². The molecule has 0 heterocycles. The molecule has 2 aromatic carbocycles. The molecule has 0 unspecified atom stereocenters. The number of unbranched alkanes of at least 4 members (excludes halogenated alkanes) is 6. The predicted molar refractivity (Wildman–Crippen MR) is 153 cm³/mol. The van der Waals surface area contributed by atoms with Crippen molar-refractivity contribution < 1.29 is 19.4 Å². The van der Waals surface area contributed by atoms with E-state index in [4.69, 9.17) is 4.74 Å². The summed E-state index contributed by atoms with van der Waals surface area (Å²) in [7, 11) is 0. The topological polar surface area (TPSA) is 66.8 Å². The smallest absolute Gasteiger partial charge is 0.338 e. The standard InChI is InChI=1S/C32H47NO4/c1-6-11-13-15-17-24-18-20-28(32(36)37-22-16-14-12-7-2)30(26(24)8-3)31(35)27-21-19-25(23-29(27)34)33(9-4)10-5/h18-21,23,34H,6-17,22H2,1-5H3. The summed E-state index contributed by atoms with van der Waals surface area (Å²) in [5.74, 6) is -0.858. The highest BCUT2D eigenvalue weighted by Gasteiger charge is 2.26. The minimum atomic E-state index is -0.466. The molecule has 5 heteroatoms. The molecule has 2 aromatic rings. The van der Waals surface area contributed by atoms with Gasteiger partial charge in [0.15, 0.2) is 5.78 Å². The number of phenols is 1. The summed E-state index contributed by atoms with van der Waals surface area (Å²) in [6.45, 7) is 12.4. The maximum absolute atomic E-state index is 14.0. The predicted octanol–water partition coefficient (Wildman–Crippen LogP) is 7.89. The fourth-order valence-corrected chi connectivity index (χ4v) is 4.90. The Morgan fingerprint density at radius 2 is 1.46 bits per heavy atom. The van der Waals surface area contributed by atoms with Crippen molar-refractivity contribution >= 4 is 17.4 Å². The van der Waals surface area contributed by atoms with Crippen LogP contribution in [0.25, 0.3) is 0 Å². The lowest BCUT2D eigenvalue weighted by Crippen LogP contribution is -2.22. The highest BCUT2D eigenvalue weighted by Crippen LogP contribution is 2.31. The molecule has 0 aliphatic heterocycles. The van der Waals surface area contributed by atoms with Crippen LogP contribution in [0.2, 0.25) is 0 Å². The molecule has 0 atom stereocenters. The second-order valence-corrected chi connectivity index (χ2v) is 9.69. The maximum Gasteiger partial charge on any atom is 0.338 e. The molecule has 0 spiro atoms. The Labute approximate surface area is 224 Å². The summed E-state index contributed by atoms with van der Waals surface area (Å²) in [6.07, 6.45) is 10.1. The van der Waals surface area contributed by atoms with Crippen LogP contribution in [-0.2, 0) is 17.6 Å². The number of ether oxygens (including phenoxy) is 1. The van der Waals surface area contributed by atoms with Gasteiger partial charge in [-0.15, -0.1) is 0 Å². The zero-order valence-corrected chi connectivity index (χ0v) is 23.7. The number of carbonyl (C=O) groups is 2. The van der Waals surface area contributed by atoms with Gasteiger partial charge in [0.05, 0.1) is 17.7 Å². The minimum absolute atomic E-state index is 0.0660. The Balaban J connectivity index is 2.48. The quantitative estimate of drug-likeness (QED) is 0.133. The van der Waals surface area contributed by atoms with Crippen molar-refractivity contribution in [2.24, 2.45) is 0 Å². The second-order valence-electron chi connectivity index (χ2n) is 9.69. The van der Waals surface area contributed by atoms with Crippen LogP contribution < -0.4 is 4.90 Å². The number of anilines is 1. The monoisotopic (exact) mass is 509 g/mol. The SMILES string of the molecule is CCCCCCOC(=O)c1ccc(CCCCCC)c(CC)c1C(=O)c1ccc(N(CC)CC)cc1O. The lowest BCUT2D eigenvalue weighted by atomic mass is 9.87. The molecule has 1 N–H and O–H groups in total. The normalized spacial score (nSPS) is 10.9. The molecule has 0 aliphatic carbocycles. The second kappa shape index (κ2) is 16.1. The Bertz CT molecular complexity index is 1010. The van der Waals surface area contributed by atoms with Crippen molar-refractivity contribution in [3.63, 3.8) is 0 Å². The van der Waals surface area contributed by atoms with Crippen molar-refractivity contribution in [3.8, 4) is 5.75 Å². The van der Waals surface area contributed by atoms with Gasteiger partial charge in [0, 0.05) is 30.4 Å². The van der Waals surface area contributed by atoms with Crippen molar-refractivity contribution in [1.29, 1.82) is 0 Å². The number of hydrogen-bond acceptors (Lipinski definition) is 5. The average Bonchev–Trinajstić information content (AvgIpc) is 2.90. The third-order valence-electron chi connectivity index (χ3n) is 7.10. The van der Waals surface area contributed by atoms with Gasteiger partial charge < -0.3 is 14.7 Å². The summed E-state index contributed by atoms with van der Waals surface area (Å²) >= 11 is 0. The van der Waals surface area contributed by atoms with Crippen molar-refractivity contribution in [2.45, 2.75) is 98.8 Å². The number of benzene rings is 2.